The summed E-state index contributed by atoms with van der Waals surface area (Å²) in [5.74, 6) is -1.71. The minimum absolute atomic E-state index is 0.0659. The van der Waals surface area contributed by atoms with Gasteiger partial charge in [-0.05, 0) is 42.6 Å². The quantitative estimate of drug-likeness (QED) is 0.463. The minimum atomic E-state index is -1.38. The summed E-state index contributed by atoms with van der Waals surface area (Å²) in [5.41, 5.74) is -1.94. The van der Waals surface area contributed by atoms with Crippen molar-refractivity contribution in [2.45, 2.75) is 77.8 Å². The summed E-state index contributed by atoms with van der Waals surface area (Å²) < 4.78 is 5.60. The smallest absolute Gasteiger partial charge is 0.302 e. The van der Waals surface area contributed by atoms with E-state index in [-0.39, 0.29) is 23.8 Å². The van der Waals surface area contributed by atoms with Gasteiger partial charge in [-0.2, -0.15) is 0 Å². The van der Waals surface area contributed by atoms with Crippen LogP contribution in [0.4, 0.5) is 0 Å². The molecule has 0 radical (unpaired) electrons. The van der Waals surface area contributed by atoms with Crippen molar-refractivity contribution in [2.24, 2.45) is 34.0 Å². The Morgan fingerprint density at radius 1 is 1.18 bits per heavy atom. The summed E-state index contributed by atoms with van der Waals surface area (Å²) in [6.45, 7) is 11.4. The summed E-state index contributed by atoms with van der Waals surface area (Å²) >= 11 is 0. The van der Waals surface area contributed by atoms with Crippen LogP contribution in [0, 0.1) is 34.0 Å². The van der Waals surface area contributed by atoms with Crippen molar-refractivity contribution < 1.29 is 29.6 Å². The van der Waals surface area contributed by atoms with E-state index in [1.165, 1.54) is 6.92 Å². The monoisotopic (exact) mass is 392 g/mol. The van der Waals surface area contributed by atoms with Crippen LogP contribution in [-0.4, -0.2) is 51.5 Å². The number of ketones is 1. The van der Waals surface area contributed by atoms with Crippen LogP contribution in [0.25, 0.3) is 0 Å². The van der Waals surface area contributed by atoms with Crippen molar-refractivity contribution in [3.8, 4) is 0 Å². The van der Waals surface area contributed by atoms with Crippen molar-refractivity contribution >= 4 is 11.8 Å². The number of rotatable bonds is 1. The zero-order chi connectivity index (χ0) is 20.8. The number of aliphatic hydroxyl groups excluding tert-OH is 3. The van der Waals surface area contributed by atoms with Gasteiger partial charge >= 0.3 is 5.97 Å². The molecule has 0 unspecified atom stereocenters. The molecule has 4 rings (SSSR count). The summed E-state index contributed by atoms with van der Waals surface area (Å²) in [4.78, 5) is 24.9. The van der Waals surface area contributed by atoms with E-state index in [9.17, 15) is 24.9 Å². The van der Waals surface area contributed by atoms with Gasteiger partial charge in [-0.1, -0.05) is 27.4 Å². The minimum Gasteiger partial charge on any atom is -0.462 e. The number of ether oxygens (including phenoxy) is 1. The van der Waals surface area contributed by atoms with E-state index in [0.29, 0.717) is 31.3 Å². The molecule has 0 aromatic carbocycles. The Balaban J connectivity index is 1.83. The molecule has 6 nitrogen and oxygen atoms in total. The molecule has 0 aromatic heterocycles. The Morgan fingerprint density at radius 3 is 2.43 bits per heavy atom. The second-order valence-corrected chi connectivity index (χ2v) is 10.4. The van der Waals surface area contributed by atoms with Gasteiger partial charge in [0.1, 0.15) is 6.10 Å². The average molecular weight is 392 g/mol. The van der Waals surface area contributed by atoms with Crippen LogP contribution in [0.2, 0.25) is 0 Å². The van der Waals surface area contributed by atoms with E-state index >= 15 is 0 Å². The second kappa shape index (κ2) is 5.89. The van der Waals surface area contributed by atoms with Crippen LogP contribution < -0.4 is 0 Å². The van der Waals surface area contributed by atoms with Crippen LogP contribution in [-0.2, 0) is 14.3 Å². The summed E-state index contributed by atoms with van der Waals surface area (Å²) in [5, 5.41) is 33.5. The Morgan fingerprint density at radius 2 is 1.82 bits per heavy atom. The van der Waals surface area contributed by atoms with Crippen LogP contribution in [0.15, 0.2) is 12.2 Å². The van der Waals surface area contributed by atoms with E-state index in [1.54, 1.807) is 0 Å². The van der Waals surface area contributed by atoms with Crippen LogP contribution >= 0.6 is 0 Å². The lowest BCUT2D eigenvalue weighted by molar-refractivity contribution is -0.263. The highest BCUT2D eigenvalue weighted by Gasteiger charge is 2.76. The molecule has 4 fully saturated rings. The molecule has 6 heteroatoms. The highest BCUT2D eigenvalue weighted by molar-refractivity contribution is 6.04. The van der Waals surface area contributed by atoms with Gasteiger partial charge in [-0.3, -0.25) is 9.59 Å². The highest BCUT2D eigenvalue weighted by Crippen LogP contribution is 2.71. The first-order chi connectivity index (χ1) is 12.9. The number of Topliss-reactive ketones (excluding diaryl/α,β-unsaturated/α-hetero) is 1. The van der Waals surface area contributed by atoms with Crippen molar-refractivity contribution in [1.82, 2.24) is 0 Å². The zero-order valence-corrected chi connectivity index (χ0v) is 17.1. The molecular formula is C22H32O6. The highest BCUT2D eigenvalue weighted by atomic mass is 16.5. The van der Waals surface area contributed by atoms with Gasteiger partial charge in [0, 0.05) is 24.2 Å². The number of hydrogen-bond acceptors (Lipinski definition) is 6. The van der Waals surface area contributed by atoms with E-state index in [2.05, 4.69) is 13.5 Å². The van der Waals surface area contributed by atoms with Crippen molar-refractivity contribution in [1.29, 1.82) is 0 Å². The van der Waals surface area contributed by atoms with E-state index in [1.807, 2.05) is 13.8 Å². The number of fused-ring (bicyclic) bond motifs is 3. The molecule has 0 amide bonds. The molecule has 2 bridgehead atoms. The third-order valence-corrected chi connectivity index (χ3v) is 8.90. The lowest BCUT2D eigenvalue weighted by Gasteiger charge is -2.66. The van der Waals surface area contributed by atoms with Crippen molar-refractivity contribution in [3.05, 3.63) is 12.2 Å². The van der Waals surface area contributed by atoms with E-state index < -0.39 is 46.4 Å². The Labute approximate surface area is 166 Å². The third-order valence-electron chi connectivity index (χ3n) is 8.90. The van der Waals surface area contributed by atoms with Gasteiger partial charge in [0.25, 0.3) is 0 Å². The van der Waals surface area contributed by atoms with Gasteiger partial charge in [0.05, 0.1) is 23.7 Å². The first-order valence-electron chi connectivity index (χ1n) is 10.3. The molecule has 0 aromatic rings. The Bertz CT molecular complexity index is 743. The molecule has 0 heterocycles. The molecule has 4 aliphatic rings. The van der Waals surface area contributed by atoms with Crippen molar-refractivity contribution in [3.63, 3.8) is 0 Å². The molecule has 0 saturated heterocycles. The maximum atomic E-state index is 13.3. The van der Waals surface area contributed by atoms with Crippen LogP contribution in [0.5, 0.6) is 0 Å². The summed E-state index contributed by atoms with van der Waals surface area (Å²) in [6, 6.07) is 0. The first kappa shape index (κ1) is 20.0. The third kappa shape index (κ3) is 2.14. The SMILES string of the molecule is C=C1C(=O)[C@@]23[C@H](O)C[C@@H]4C(C)(C)[C@@H](OC(C)=O)CC[C@@]4(C)[C@@H]2[C@H](O)C[C@@H]1[C@H]3O. The molecule has 9 atom stereocenters. The number of carbonyl (C=O) groups excluding carboxylic acids is 2. The number of aliphatic hydroxyl groups is 3. The van der Waals surface area contributed by atoms with Gasteiger partial charge in [-0.25, -0.2) is 0 Å². The van der Waals surface area contributed by atoms with E-state index in [0.717, 1.165) is 0 Å². The maximum Gasteiger partial charge on any atom is 0.302 e. The topological polar surface area (TPSA) is 104 Å². The predicted molar refractivity (Wildman–Crippen MR) is 101 cm³/mol. The lowest BCUT2D eigenvalue weighted by Crippen LogP contribution is -2.71. The fraction of sp³-hybridized carbons (Fsp3) is 0.818. The first-order valence-corrected chi connectivity index (χ1v) is 10.3. The molecule has 1 spiro atoms. The molecule has 0 aliphatic heterocycles. The summed E-state index contributed by atoms with van der Waals surface area (Å²) in [7, 11) is 0. The molecule has 4 aliphatic carbocycles. The number of hydrogen-bond donors (Lipinski definition) is 3. The standard InChI is InChI=1S/C22H32O6/c1-10-12-8-13(24)17-21(5)7-6-16(28-11(2)23)20(3,4)14(21)9-15(25)22(17,18(10)26)19(12)27/h12-17,19,24-25,27H,1,6-9H2,2-5H3/t12-,13+,14+,15+,16-,17-,19+,21+,22+/m0/s1. The number of carbonyl (C=O) groups is 2. The lowest BCUT2D eigenvalue weighted by atomic mass is 9.39. The fourth-order valence-corrected chi connectivity index (χ4v) is 7.79. The normalized spacial score (nSPS) is 52.0. The van der Waals surface area contributed by atoms with Crippen LogP contribution in [0.1, 0.15) is 53.4 Å². The van der Waals surface area contributed by atoms with Gasteiger partial charge in [-0.15, -0.1) is 0 Å². The Kier molecular flexibility index (Phi) is 4.22. The van der Waals surface area contributed by atoms with Crippen LogP contribution in [0.3, 0.4) is 0 Å². The second-order valence-electron chi connectivity index (χ2n) is 10.4. The van der Waals surface area contributed by atoms with Gasteiger partial charge < -0.3 is 20.1 Å². The van der Waals surface area contributed by atoms with Crippen molar-refractivity contribution in [2.75, 3.05) is 0 Å². The average Bonchev–Trinajstić information content (AvgIpc) is 2.71. The van der Waals surface area contributed by atoms with Gasteiger partial charge in [0.15, 0.2) is 5.78 Å². The fourth-order valence-electron chi connectivity index (χ4n) is 7.79. The molecular weight excluding hydrogens is 360 g/mol. The summed E-state index contributed by atoms with van der Waals surface area (Å²) in [6.07, 6.45) is -1.24. The Hall–Kier alpha value is -1.24. The predicted octanol–water partition coefficient (Wildman–Crippen LogP) is 1.61. The molecule has 4 saturated carbocycles. The van der Waals surface area contributed by atoms with E-state index in [4.69, 9.17) is 4.74 Å². The molecule has 3 N–H and O–H groups in total. The zero-order valence-electron chi connectivity index (χ0n) is 17.1. The molecule has 28 heavy (non-hydrogen) atoms. The van der Waals surface area contributed by atoms with Gasteiger partial charge in [0.2, 0.25) is 0 Å². The molecule has 156 valence electrons. The number of esters is 1. The maximum absolute atomic E-state index is 13.3. The largest absolute Gasteiger partial charge is 0.462 e.